The van der Waals surface area contributed by atoms with E-state index in [2.05, 4.69) is 15.5 Å². The van der Waals surface area contributed by atoms with Gasteiger partial charge in [-0.25, -0.2) is 0 Å². The molecular formula is C21H30ClN3O2. The van der Waals surface area contributed by atoms with E-state index in [0.29, 0.717) is 18.0 Å². The minimum Gasteiger partial charge on any atom is -0.350 e. The van der Waals surface area contributed by atoms with Gasteiger partial charge in [-0.05, 0) is 69.2 Å². The van der Waals surface area contributed by atoms with Crippen molar-refractivity contribution in [3.63, 3.8) is 0 Å². The molecule has 2 N–H and O–H groups in total. The van der Waals surface area contributed by atoms with Crippen molar-refractivity contribution in [2.75, 3.05) is 26.2 Å². The third-order valence-corrected chi connectivity index (χ3v) is 6.53. The Labute approximate surface area is 167 Å². The SMILES string of the molecule is Cl.O=C(NCC1CCCCN1C(=O)C1CC12CCNCC2)c1ccccc1. The molecular weight excluding hydrogens is 362 g/mol. The smallest absolute Gasteiger partial charge is 0.251 e. The van der Waals surface area contributed by atoms with E-state index in [1.807, 2.05) is 30.3 Å². The fourth-order valence-electron chi connectivity index (χ4n) is 4.78. The first-order chi connectivity index (χ1) is 12.7. The van der Waals surface area contributed by atoms with Crippen LogP contribution in [0.3, 0.4) is 0 Å². The van der Waals surface area contributed by atoms with Crippen molar-refractivity contribution in [3.05, 3.63) is 35.9 Å². The van der Waals surface area contributed by atoms with Crippen LogP contribution in [0.4, 0.5) is 0 Å². The molecule has 2 amide bonds. The Balaban J connectivity index is 0.00000210. The maximum atomic E-state index is 13.2. The number of likely N-dealkylation sites (tertiary alicyclic amines) is 1. The molecule has 1 aliphatic carbocycles. The first kappa shape index (κ1) is 20.2. The summed E-state index contributed by atoms with van der Waals surface area (Å²) in [5.74, 6) is 0.505. The minimum absolute atomic E-state index is 0. The van der Waals surface area contributed by atoms with Gasteiger partial charge < -0.3 is 15.5 Å². The molecule has 3 fully saturated rings. The highest BCUT2D eigenvalue weighted by Crippen LogP contribution is 2.59. The molecule has 27 heavy (non-hydrogen) atoms. The molecule has 4 rings (SSSR count). The number of carbonyl (C=O) groups excluding carboxylic acids is 2. The van der Waals surface area contributed by atoms with E-state index in [0.717, 1.165) is 58.2 Å². The molecule has 2 saturated heterocycles. The van der Waals surface area contributed by atoms with Crippen molar-refractivity contribution < 1.29 is 9.59 Å². The number of nitrogens with zero attached hydrogens (tertiary/aromatic N) is 1. The third kappa shape index (κ3) is 4.30. The van der Waals surface area contributed by atoms with Gasteiger partial charge in [0.05, 0.1) is 0 Å². The largest absolute Gasteiger partial charge is 0.350 e. The first-order valence-electron chi connectivity index (χ1n) is 10.0. The quantitative estimate of drug-likeness (QED) is 0.829. The summed E-state index contributed by atoms with van der Waals surface area (Å²) in [6, 6.07) is 9.44. The van der Waals surface area contributed by atoms with E-state index in [1.165, 1.54) is 0 Å². The molecule has 1 aromatic rings. The van der Waals surface area contributed by atoms with Crippen LogP contribution in [0.15, 0.2) is 30.3 Å². The summed E-state index contributed by atoms with van der Waals surface area (Å²) in [6.07, 6.45) is 6.53. The molecule has 1 spiro atoms. The van der Waals surface area contributed by atoms with Crippen molar-refractivity contribution in [1.29, 1.82) is 0 Å². The molecule has 0 bridgehead atoms. The Morgan fingerprint density at radius 2 is 1.89 bits per heavy atom. The van der Waals surface area contributed by atoms with Gasteiger partial charge in [0.1, 0.15) is 0 Å². The fourth-order valence-corrected chi connectivity index (χ4v) is 4.78. The first-order valence-corrected chi connectivity index (χ1v) is 10.0. The molecule has 3 aliphatic rings. The molecule has 6 heteroatoms. The van der Waals surface area contributed by atoms with Crippen molar-refractivity contribution in [2.24, 2.45) is 11.3 Å². The number of nitrogens with one attached hydrogen (secondary N) is 2. The summed E-state index contributed by atoms with van der Waals surface area (Å²) in [5, 5.41) is 6.45. The summed E-state index contributed by atoms with van der Waals surface area (Å²) in [5.41, 5.74) is 0.953. The zero-order valence-corrected chi connectivity index (χ0v) is 16.6. The Morgan fingerprint density at radius 1 is 1.15 bits per heavy atom. The zero-order chi connectivity index (χ0) is 18.0. The molecule has 0 aromatic heterocycles. The fraction of sp³-hybridized carbons (Fsp3) is 0.619. The lowest BCUT2D eigenvalue weighted by molar-refractivity contribution is -0.137. The molecule has 5 nitrogen and oxygen atoms in total. The Kier molecular flexibility index (Phi) is 6.43. The van der Waals surface area contributed by atoms with Crippen LogP contribution in [0.25, 0.3) is 0 Å². The van der Waals surface area contributed by atoms with Gasteiger partial charge in [-0.2, -0.15) is 0 Å². The standard InChI is InChI=1S/C21H29N3O2.ClH/c25-19(16-6-2-1-3-7-16)23-15-17-8-4-5-13-24(17)20(26)18-14-21(18)9-11-22-12-10-21;/h1-3,6-7,17-18,22H,4-5,8-15H2,(H,23,25);1H. The highest BCUT2D eigenvalue weighted by atomic mass is 35.5. The molecule has 1 aromatic carbocycles. The number of amides is 2. The average Bonchev–Trinajstić information content (AvgIpc) is 3.39. The highest BCUT2D eigenvalue weighted by molar-refractivity contribution is 5.94. The van der Waals surface area contributed by atoms with Crippen molar-refractivity contribution in [1.82, 2.24) is 15.5 Å². The van der Waals surface area contributed by atoms with Crippen molar-refractivity contribution in [3.8, 4) is 0 Å². The number of rotatable bonds is 4. The van der Waals surface area contributed by atoms with E-state index in [9.17, 15) is 9.59 Å². The van der Waals surface area contributed by atoms with Gasteiger partial charge in [-0.15, -0.1) is 12.4 Å². The third-order valence-electron chi connectivity index (χ3n) is 6.53. The molecule has 2 heterocycles. The predicted octanol–water partition coefficient (Wildman–Crippen LogP) is 2.61. The summed E-state index contributed by atoms with van der Waals surface area (Å²) < 4.78 is 0. The number of halogens is 1. The maximum absolute atomic E-state index is 13.2. The normalized spacial score (nSPS) is 26.1. The van der Waals surface area contributed by atoms with Crippen molar-refractivity contribution in [2.45, 2.75) is 44.6 Å². The average molecular weight is 392 g/mol. The number of hydrogen-bond acceptors (Lipinski definition) is 3. The van der Waals surface area contributed by atoms with Crippen LogP contribution in [-0.4, -0.2) is 48.9 Å². The van der Waals surface area contributed by atoms with Crippen LogP contribution < -0.4 is 10.6 Å². The van der Waals surface area contributed by atoms with Crippen LogP contribution in [0.1, 0.15) is 48.9 Å². The Bertz CT molecular complexity index is 661. The molecule has 1 saturated carbocycles. The summed E-state index contributed by atoms with van der Waals surface area (Å²) in [7, 11) is 0. The Morgan fingerprint density at radius 3 is 2.63 bits per heavy atom. The monoisotopic (exact) mass is 391 g/mol. The van der Waals surface area contributed by atoms with E-state index >= 15 is 0 Å². The second kappa shape index (κ2) is 8.61. The molecule has 148 valence electrons. The van der Waals surface area contributed by atoms with Gasteiger partial charge >= 0.3 is 0 Å². The van der Waals surface area contributed by atoms with E-state index in [-0.39, 0.29) is 35.7 Å². The van der Waals surface area contributed by atoms with Gasteiger partial charge in [-0.1, -0.05) is 18.2 Å². The van der Waals surface area contributed by atoms with Crippen LogP contribution in [0.2, 0.25) is 0 Å². The van der Waals surface area contributed by atoms with Gasteiger partial charge in [0.25, 0.3) is 5.91 Å². The van der Waals surface area contributed by atoms with Gasteiger partial charge in [0, 0.05) is 30.6 Å². The minimum atomic E-state index is -0.0511. The van der Waals surface area contributed by atoms with E-state index in [1.54, 1.807) is 0 Å². The number of piperidine rings is 2. The summed E-state index contributed by atoms with van der Waals surface area (Å²) in [6.45, 7) is 3.48. The lowest BCUT2D eigenvalue weighted by Crippen LogP contribution is -2.50. The molecule has 2 aliphatic heterocycles. The van der Waals surface area contributed by atoms with Gasteiger partial charge in [0.2, 0.25) is 5.91 Å². The van der Waals surface area contributed by atoms with Crippen LogP contribution >= 0.6 is 12.4 Å². The second-order valence-corrected chi connectivity index (χ2v) is 8.13. The van der Waals surface area contributed by atoms with Crippen LogP contribution in [-0.2, 0) is 4.79 Å². The maximum Gasteiger partial charge on any atom is 0.251 e. The van der Waals surface area contributed by atoms with E-state index in [4.69, 9.17) is 0 Å². The molecule has 2 atom stereocenters. The predicted molar refractivity (Wildman–Crippen MR) is 108 cm³/mol. The molecule has 2 unspecified atom stereocenters. The number of hydrogen-bond donors (Lipinski definition) is 2. The zero-order valence-electron chi connectivity index (χ0n) is 15.8. The second-order valence-electron chi connectivity index (χ2n) is 8.13. The topological polar surface area (TPSA) is 61.4 Å². The number of carbonyl (C=O) groups is 2. The van der Waals surface area contributed by atoms with E-state index < -0.39 is 0 Å². The number of benzene rings is 1. The van der Waals surface area contributed by atoms with Gasteiger partial charge in [0.15, 0.2) is 0 Å². The van der Waals surface area contributed by atoms with Crippen LogP contribution in [0.5, 0.6) is 0 Å². The summed E-state index contributed by atoms with van der Waals surface area (Å²) in [4.78, 5) is 27.6. The molecule has 0 radical (unpaired) electrons. The lowest BCUT2D eigenvalue weighted by atomic mass is 9.91. The Hall–Kier alpha value is -1.59. The highest BCUT2D eigenvalue weighted by Gasteiger charge is 2.59. The van der Waals surface area contributed by atoms with Crippen molar-refractivity contribution >= 4 is 24.2 Å². The lowest BCUT2D eigenvalue weighted by Gasteiger charge is -2.37. The summed E-state index contributed by atoms with van der Waals surface area (Å²) >= 11 is 0. The van der Waals surface area contributed by atoms with Crippen LogP contribution in [0, 0.1) is 11.3 Å². The van der Waals surface area contributed by atoms with Gasteiger partial charge in [-0.3, -0.25) is 9.59 Å².